The van der Waals surface area contributed by atoms with E-state index in [1.807, 2.05) is 30.3 Å². The number of likely N-dealkylation sites (N-methyl/N-ethyl adjacent to an activating group) is 1. The Hall–Kier alpha value is -3.72. The number of rotatable bonds is 5. The zero-order chi connectivity index (χ0) is 24.2. The summed E-state index contributed by atoms with van der Waals surface area (Å²) in [6, 6.07) is 15.5. The van der Waals surface area contributed by atoms with E-state index >= 15 is 0 Å². The zero-order valence-electron chi connectivity index (χ0n) is 19.7. The Bertz CT molecular complexity index is 1180. The molecule has 0 bridgehead atoms. The second kappa shape index (κ2) is 10.3. The average molecular weight is 478 g/mol. The molecule has 2 aliphatic heterocycles. The molecule has 0 aliphatic carbocycles. The summed E-state index contributed by atoms with van der Waals surface area (Å²) < 4.78 is 25.4. The van der Waals surface area contributed by atoms with Gasteiger partial charge in [-0.05, 0) is 24.7 Å². The van der Waals surface area contributed by atoms with Gasteiger partial charge in [0.1, 0.15) is 18.2 Å². The number of piperazine rings is 1. The number of carbonyl (C=O) groups is 1. The van der Waals surface area contributed by atoms with Crippen molar-refractivity contribution < 1.29 is 18.7 Å². The first-order chi connectivity index (χ1) is 17.0. The zero-order valence-corrected chi connectivity index (χ0v) is 19.7. The van der Waals surface area contributed by atoms with Crippen molar-refractivity contribution in [3.05, 3.63) is 77.2 Å². The van der Waals surface area contributed by atoms with E-state index in [2.05, 4.69) is 16.8 Å². The SMILES string of the molecule is CN1CCN(c2nc3c(c(Oc4cccc(F)c4)n2)CN(C(=O)OCc2ccccc2)CC3)CC1. The third kappa shape index (κ3) is 5.51. The van der Waals surface area contributed by atoms with Crippen molar-refractivity contribution in [1.82, 2.24) is 19.8 Å². The highest BCUT2D eigenvalue weighted by Crippen LogP contribution is 2.32. The molecule has 0 N–H and O–H groups in total. The molecule has 0 saturated carbocycles. The molecular formula is C26H28FN5O3. The van der Waals surface area contributed by atoms with Crippen LogP contribution in [0.5, 0.6) is 11.6 Å². The first kappa shape index (κ1) is 23.0. The summed E-state index contributed by atoms with van der Waals surface area (Å²) in [4.78, 5) is 28.4. The Labute approximate surface area is 203 Å². The minimum absolute atomic E-state index is 0.203. The monoisotopic (exact) mass is 477 g/mol. The predicted octanol–water partition coefficient (Wildman–Crippen LogP) is 3.85. The highest BCUT2D eigenvalue weighted by molar-refractivity contribution is 5.68. The number of halogens is 1. The van der Waals surface area contributed by atoms with Crippen LogP contribution in [0.1, 0.15) is 16.8 Å². The number of amides is 1. The van der Waals surface area contributed by atoms with Gasteiger partial charge in [-0.3, -0.25) is 0 Å². The molecular weight excluding hydrogens is 449 g/mol. The van der Waals surface area contributed by atoms with Gasteiger partial charge in [-0.15, -0.1) is 0 Å². The van der Waals surface area contributed by atoms with Gasteiger partial charge in [0, 0.05) is 45.2 Å². The molecule has 5 rings (SSSR count). The van der Waals surface area contributed by atoms with Crippen LogP contribution in [0.4, 0.5) is 15.1 Å². The number of aromatic nitrogens is 2. The lowest BCUT2D eigenvalue weighted by molar-refractivity contribution is 0.0912. The number of hydrogen-bond donors (Lipinski definition) is 0. The van der Waals surface area contributed by atoms with Gasteiger partial charge in [0.25, 0.3) is 0 Å². The van der Waals surface area contributed by atoms with E-state index in [-0.39, 0.29) is 13.2 Å². The van der Waals surface area contributed by atoms with Crippen LogP contribution in [0.2, 0.25) is 0 Å². The van der Waals surface area contributed by atoms with Gasteiger partial charge in [-0.1, -0.05) is 36.4 Å². The maximum Gasteiger partial charge on any atom is 0.410 e. The molecule has 2 aliphatic rings. The van der Waals surface area contributed by atoms with Crippen LogP contribution < -0.4 is 9.64 Å². The average Bonchev–Trinajstić information content (AvgIpc) is 2.88. The summed E-state index contributed by atoms with van der Waals surface area (Å²) in [5, 5.41) is 0. The van der Waals surface area contributed by atoms with Crippen LogP contribution in [0.25, 0.3) is 0 Å². The third-order valence-corrected chi connectivity index (χ3v) is 6.27. The largest absolute Gasteiger partial charge is 0.445 e. The fourth-order valence-corrected chi connectivity index (χ4v) is 4.21. The van der Waals surface area contributed by atoms with Crippen molar-refractivity contribution in [3.8, 4) is 11.6 Å². The number of nitrogens with zero attached hydrogens (tertiary/aromatic N) is 5. The lowest BCUT2D eigenvalue weighted by Crippen LogP contribution is -2.45. The maximum absolute atomic E-state index is 13.8. The number of ether oxygens (including phenoxy) is 2. The van der Waals surface area contributed by atoms with Crippen LogP contribution in [0.15, 0.2) is 54.6 Å². The Morgan fingerprint density at radius 1 is 1.00 bits per heavy atom. The van der Waals surface area contributed by atoms with E-state index in [1.54, 1.807) is 17.0 Å². The van der Waals surface area contributed by atoms with E-state index in [0.717, 1.165) is 43.0 Å². The first-order valence-electron chi connectivity index (χ1n) is 11.8. The molecule has 2 aromatic carbocycles. The van der Waals surface area contributed by atoms with Crippen LogP contribution in [0.3, 0.4) is 0 Å². The Morgan fingerprint density at radius 2 is 1.80 bits per heavy atom. The summed E-state index contributed by atoms with van der Waals surface area (Å²) in [5.41, 5.74) is 2.48. The Kier molecular flexibility index (Phi) is 6.76. The summed E-state index contributed by atoms with van der Waals surface area (Å²) >= 11 is 0. The molecule has 0 radical (unpaired) electrons. The third-order valence-electron chi connectivity index (χ3n) is 6.27. The summed E-state index contributed by atoms with van der Waals surface area (Å²) in [5.74, 6) is 0.897. The summed E-state index contributed by atoms with van der Waals surface area (Å²) in [6.07, 6.45) is 0.151. The lowest BCUT2D eigenvalue weighted by Gasteiger charge is -2.34. The van der Waals surface area contributed by atoms with Gasteiger partial charge in [0.15, 0.2) is 0 Å². The highest BCUT2D eigenvalue weighted by Gasteiger charge is 2.29. The first-order valence-corrected chi connectivity index (χ1v) is 11.8. The van der Waals surface area contributed by atoms with Crippen LogP contribution >= 0.6 is 0 Å². The van der Waals surface area contributed by atoms with E-state index in [0.29, 0.717) is 30.5 Å². The van der Waals surface area contributed by atoms with E-state index < -0.39 is 11.9 Å². The molecule has 1 aromatic heterocycles. The van der Waals surface area contributed by atoms with Gasteiger partial charge in [0.2, 0.25) is 11.8 Å². The van der Waals surface area contributed by atoms with Gasteiger partial charge in [0.05, 0.1) is 17.8 Å². The van der Waals surface area contributed by atoms with Gasteiger partial charge < -0.3 is 24.2 Å². The molecule has 9 heteroatoms. The predicted molar refractivity (Wildman–Crippen MR) is 129 cm³/mol. The molecule has 1 fully saturated rings. The van der Waals surface area contributed by atoms with Crippen molar-refractivity contribution in [1.29, 1.82) is 0 Å². The smallest absolute Gasteiger partial charge is 0.410 e. The molecule has 0 spiro atoms. The second-order valence-electron chi connectivity index (χ2n) is 8.82. The van der Waals surface area contributed by atoms with Crippen molar-refractivity contribution in [3.63, 3.8) is 0 Å². The van der Waals surface area contributed by atoms with Crippen molar-refractivity contribution in [2.24, 2.45) is 0 Å². The van der Waals surface area contributed by atoms with Crippen molar-refractivity contribution in [2.45, 2.75) is 19.6 Å². The van der Waals surface area contributed by atoms with Gasteiger partial charge in [-0.25, -0.2) is 14.2 Å². The lowest BCUT2D eigenvalue weighted by atomic mass is 10.1. The minimum Gasteiger partial charge on any atom is -0.445 e. The van der Waals surface area contributed by atoms with E-state index in [1.165, 1.54) is 12.1 Å². The molecule has 8 nitrogen and oxygen atoms in total. The summed E-state index contributed by atoms with van der Waals surface area (Å²) in [6.45, 7) is 4.41. The number of benzene rings is 2. The number of anilines is 1. The molecule has 0 atom stereocenters. The number of fused-ring (bicyclic) bond motifs is 1. The van der Waals surface area contributed by atoms with Gasteiger partial charge >= 0.3 is 6.09 Å². The van der Waals surface area contributed by atoms with Gasteiger partial charge in [-0.2, -0.15) is 4.98 Å². The Morgan fingerprint density at radius 3 is 2.57 bits per heavy atom. The van der Waals surface area contributed by atoms with Crippen molar-refractivity contribution >= 4 is 12.0 Å². The highest BCUT2D eigenvalue weighted by atomic mass is 19.1. The Balaban J connectivity index is 1.38. The second-order valence-corrected chi connectivity index (χ2v) is 8.82. The molecule has 1 amide bonds. The van der Waals surface area contributed by atoms with E-state index in [4.69, 9.17) is 19.4 Å². The molecule has 0 unspecified atom stereocenters. The fraction of sp³-hybridized carbons (Fsp3) is 0.346. The molecule has 3 heterocycles. The van der Waals surface area contributed by atoms with E-state index in [9.17, 15) is 9.18 Å². The molecule has 182 valence electrons. The van der Waals surface area contributed by atoms with Crippen LogP contribution in [-0.4, -0.2) is 65.6 Å². The topological polar surface area (TPSA) is 71.0 Å². The molecule has 1 saturated heterocycles. The van der Waals surface area contributed by atoms with Crippen LogP contribution in [0, 0.1) is 5.82 Å². The fourth-order valence-electron chi connectivity index (χ4n) is 4.21. The maximum atomic E-state index is 13.8. The molecule has 3 aromatic rings. The molecule has 35 heavy (non-hydrogen) atoms. The quantitative estimate of drug-likeness (QED) is 0.553. The number of carbonyl (C=O) groups excluding carboxylic acids is 1. The summed E-state index contributed by atoms with van der Waals surface area (Å²) in [7, 11) is 2.09. The van der Waals surface area contributed by atoms with Crippen LogP contribution in [-0.2, 0) is 24.3 Å². The minimum atomic E-state index is -0.403. The van der Waals surface area contributed by atoms with Crippen molar-refractivity contribution in [2.75, 3.05) is 44.7 Å². The normalized spacial score (nSPS) is 16.1. The standard InChI is InChI=1S/C26H28FN5O3/c1-30-12-14-31(15-13-30)25-28-23-10-11-32(26(33)34-18-19-6-3-2-4-7-19)17-22(23)24(29-25)35-21-9-5-8-20(27)16-21/h2-9,16H,10-15,17-18H2,1H3. The number of hydrogen-bond acceptors (Lipinski definition) is 7.